The molecule has 0 unspecified atom stereocenters. The number of hydrogen-bond acceptors (Lipinski definition) is 3. The maximum Gasteiger partial charge on any atom is 0.258 e. The monoisotopic (exact) mass is 290 g/mol. The van der Waals surface area contributed by atoms with Gasteiger partial charge in [0.1, 0.15) is 5.82 Å². The molecule has 1 heterocycles. The topological polar surface area (TPSA) is 33.2 Å². The van der Waals surface area contributed by atoms with Gasteiger partial charge in [0.25, 0.3) is 5.91 Å². The number of nitrogens with zero attached hydrogens (tertiary/aromatic N) is 2. The standard InChI is InChI=1S/C15H15FN2OS/c1-3-18(12-5-4-8-17-10-12)15(19)11-6-7-14(20-2)13(16)9-11/h4-10H,3H2,1-2H3. The minimum atomic E-state index is -0.370. The van der Waals surface area contributed by atoms with Crippen molar-refractivity contribution in [1.82, 2.24) is 4.98 Å². The number of benzene rings is 1. The van der Waals surface area contributed by atoms with E-state index in [1.54, 1.807) is 47.8 Å². The number of hydrogen-bond donors (Lipinski definition) is 0. The van der Waals surface area contributed by atoms with Crippen LogP contribution in [0.4, 0.5) is 10.1 Å². The molecule has 0 fully saturated rings. The van der Waals surface area contributed by atoms with Crippen molar-refractivity contribution in [2.75, 3.05) is 17.7 Å². The number of carbonyl (C=O) groups is 1. The van der Waals surface area contributed by atoms with Gasteiger partial charge in [0.05, 0.1) is 11.9 Å². The Kier molecular flexibility index (Phi) is 4.74. The van der Waals surface area contributed by atoms with Gasteiger partial charge in [-0.25, -0.2) is 4.39 Å². The van der Waals surface area contributed by atoms with Crippen molar-refractivity contribution in [2.24, 2.45) is 0 Å². The Morgan fingerprint density at radius 3 is 2.75 bits per heavy atom. The average molecular weight is 290 g/mol. The SMILES string of the molecule is CCN(C(=O)c1ccc(SC)c(F)c1)c1cccnc1. The first-order valence-electron chi connectivity index (χ1n) is 6.22. The molecule has 2 rings (SSSR count). The molecule has 104 valence electrons. The van der Waals surface area contributed by atoms with Crippen molar-refractivity contribution in [3.8, 4) is 0 Å². The quantitative estimate of drug-likeness (QED) is 0.807. The molecule has 1 aromatic carbocycles. The van der Waals surface area contributed by atoms with E-state index in [4.69, 9.17) is 0 Å². The van der Waals surface area contributed by atoms with Crippen molar-refractivity contribution in [3.05, 3.63) is 54.1 Å². The van der Waals surface area contributed by atoms with Gasteiger partial charge < -0.3 is 4.90 Å². The molecule has 0 aliphatic carbocycles. The zero-order chi connectivity index (χ0) is 14.5. The molecule has 0 atom stereocenters. The first kappa shape index (κ1) is 14.5. The van der Waals surface area contributed by atoms with Gasteiger partial charge in [0, 0.05) is 23.2 Å². The molecule has 0 spiro atoms. The Balaban J connectivity index is 2.32. The van der Waals surface area contributed by atoms with Gasteiger partial charge >= 0.3 is 0 Å². The molecule has 0 aliphatic rings. The molecule has 0 saturated heterocycles. The van der Waals surface area contributed by atoms with Crippen LogP contribution in [-0.4, -0.2) is 23.7 Å². The van der Waals surface area contributed by atoms with Gasteiger partial charge in [0.2, 0.25) is 0 Å². The summed E-state index contributed by atoms with van der Waals surface area (Å²) in [7, 11) is 0. The molecule has 1 aromatic heterocycles. The second-order valence-corrected chi connectivity index (χ2v) is 4.96. The van der Waals surface area contributed by atoms with Crippen molar-refractivity contribution >= 4 is 23.4 Å². The lowest BCUT2D eigenvalue weighted by molar-refractivity contribution is 0.0987. The van der Waals surface area contributed by atoms with Gasteiger partial charge in [-0.15, -0.1) is 11.8 Å². The van der Waals surface area contributed by atoms with Gasteiger partial charge in [-0.05, 0) is 43.5 Å². The van der Waals surface area contributed by atoms with Gasteiger partial charge in [0.15, 0.2) is 0 Å². The highest BCUT2D eigenvalue weighted by atomic mass is 32.2. The Hall–Kier alpha value is -1.88. The summed E-state index contributed by atoms with van der Waals surface area (Å²) in [5, 5.41) is 0. The number of carbonyl (C=O) groups excluding carboxylic acids is 1. The maximum absolute atomic E-state index is 13.8. The van der Waals surface area contributed by atoms with Crippen LogP contribution in [0.25, 0.3) is 0 Å². The number of thioether (sulfide) groups is 1. The summed E-state index contributed by atoms with van der Waals surface area (Å²) in [5.74, 6) is -0.599. The van der Waals surface area contributed by atoms with Crippen molar-refractivity contribution < 1.29 is 9.18 Å². The molecule has 20 heavy (non-hydrogen) atoms. The van der Waals surface area contributed by atoms with Crippen LogP contribution in [0, 0.1) is 5.82 Å². The summed E-state index contributed by atoms with van der Waals surface area (Å²) in [6, 6.07) is 8.14. The lowest BCUT2D eigenvalue weighted by Gasteiger charge is -2.20. The largest absolute Gasteiger partial charge is 0.307 e. The molecule has 0 saturated carbocycles. The molecule has 0 N–H and O–H groups in total. The second kappa shape index (κ2) is 6.52. The summed E-state index contributed by atoms with van der Waals surface area (Å²) in [6.45, 7) is 2.37. The van der Waals surface area contributed by atoms with Crippen LogP contribution in [0.1, 0.15) is 17.3 Å². The fourth-order valence-corrected chi connectivity index (χ4v) is 2.37. The first-order chi connectivity index (χ1) is 9.67. The Labute approximate surface area is 121 Å². The third-order valence-electron chi connectivity index (χ3n) is 2.92. The molecular weight excluding hydrogens is 275 g/mol. The van der Waals surface area contributed by atoms with E-state index in [0.717, 1.165) is 0 Å². The van der Waals surface area contributed by atoms with Gasteiger partial charge in [-0.1, -0.05) is 0 Å². The van der Waals surface area contributed by atoms with E-state index in [2.05, 4.69) is 4.98 Å². The van der Waals surface area contributed by atoms with E-state index in [-0.39, 0.29) is 11.7 Å². The third kappa shape index (κ3) is 2.99. The van der Waals surface area contributed by atoms with E-state index in [9.17, 15) is 9.18 Å². The van der Waals surface area contributed by atoms with Crippen LogP contribution in [0.5, 0.6) is 0 Å². The first-order valence-corrected chi connectivity index (χ1v) is 7.45. The predicted molar refractivity (Wildman–Crippen MR) is 79.8 cm³/mol. The number of anilines is 1. The Bertz CT molecular complexity index is 604. The smallest absolute Gasteiger partial charge is 0.258 e. The average Bonchev–Trinajstić information content (AvgIpc) is 2.49. The highest BCUT2D eigenvalue weighted by Gasteiger charge is 2.17. The van der Waals surface area contributed by atoms with E-state index < -0.39 is 0 Å². The minimum Gasteiger partial charge on any atom is -0.307 e. The Morgan fingerprint density at radius 2 is 2.20 bits per heavy atom. The number of pyridine rings is 1. The molecule has 3 nitrogen and oxygen atoms in total. The third-order valence-corrected chi connectivity index (χ3v) is 3.69. The second-order valence-electron chi connectivity index (χ2n) is 4.11. The van der Waals surface area contributed by atoms with Crippen LogP contribution in [-0.2, 0) is 0 Å². The summed E-state index contributed by atoms with van der Waals surface area (Å²) in [4.78, 5) is 18.6. The minimum absolute atomic E-state index is 0.230. The fraction of sp³-hybridized carbons (Fsp3) is 0.200. The van der Waals surface area contributed by atoms with E-state index in [1.165, 1.54) is 17.8 Å². The molecule has 0 bridgehead atoms. The predicted octanol–water partition coefficient (Wildman–Crippen LogP) is 3.61. The molecule has 0 radical (unpaired) electrons. The number of aromatic nitrogens is 1. The van der Waals surface area contributed by atoms with Crippen LogP contribution in [0.3, 0.4) is 0 Å². The van der Waals surface area contributed by atoms with Crippen molar-refractivity contribution in [1.29, 1.82) is 0 Å². The molecule has 5 heteroatoms. The molecular formula is C15H15FN2OS. The zero-order valence-electron chi connectivity index (χ0n) is 11.3. The van der Waals surface area contributed by atoms with E-state index in [1.807, 2.05) is 6.92 Å². The number of halogens is 1. The van der Waals surface area contributed by atoms with E-state index >= 15 is 0 Å². The molecule has 1 amide bonds. The van der Waals surface area contributed by atoms with Gasteiger partial charge in [-0.2, -0.15) is 0 Å². The van der Waals surface area contributed by atoms with E-state index in [0.29, 0.717) is 22.7 Å². The maximum atomic E-state index is 13.8. The lowest BCUT2D eigenvalue weighted by Crippen LogP contribution is -2.30. The highest BCUT2D eigenvalue weighted by molar-refractivity contribution is 7.98. The van der Waals surface area contributed by atoms with Crippen LogP contribution in [0.2, 0.25) is 0 Å². The van der Waals surface area contributed by atoms with Crippen LogP contribution >= 0.6 is 11.8 Å². The zero-order valence-corrected chi connectivity index (χ0v) is 12.2. The van der Waals surface area contributed by atoms with Crippen molar-refractivity contribution in [2.45, 2.75) is 11.8 Å². The van der Waals surface area contributed by atoms with Gasteiger partial charge in [-0.3, -0.25) is 9.78 Å². The number of rotatable bonds is 4. The fourth-order valence-electron chi connectivity index (χ4n) is 1.91. The van der Waals surface area contributed by atoms with Crippen LogP contribution < -0.4 is 4.90 Å². The molecule has 2 aromatic rings. The summed E-state index contributed by atoms with van der Waals surface area (Å²) in [5.41, 5.74) is 1.04. The summed E-state index contributed by atoms with van der Waals surface area (Å²) in [6.07, 6.45) is 5.07. The van der Waals surface area contributed by atoms with Crippen LogP contribution in [0.15, 0.2) is 47.6 Å². The summed E-state index contributed by atoms with van der Waals surface area (Å²) >= 11 is 1.32. The van der Waals surface area contributed by atoms with Crippen molar-refractivity contribution in [3.63, 3.8) is 0 Å². The normalized spacial score (nSPS) is 10.3. The molecule has 0 aliphatic heterocycles. The lowest BCUT2D eigenvalue weighted by atomic mass is 10.2. The highest BCUT2D eigenvalue weighted by Crippen LogP contribution is 2.22. The summed E-state index contributed by atoms with van der Waals surface area (Å²) < 4.78 is 13.8. The number of amides is 1. The Morgan fingerprint density at radius 1 is 1.40 bits per heavy atom.